The number of nitrogens with zero attached hydrogens (tertiary/aromatic N) is 3. The zero-order valence-electron chi connectivity index (χ0n) is 18.0. The van der Waals surface area contributed by atoms with Crippen LogP contribution in [-0.2, 0) is 13.1 Å². The van der Waals surface area contributed by atoms with E-state index in [-0.39, 0.29) is 5.91 Å². The summed E-state index contributed by atoms with van der Waals surface area (Å²) in [5, 5.41) is 2.96. The van der Waals surface area contributed by atoms with Gasteiger partial charge in [0, 0.05) is 24.5 Å². The molecule has 2 aromatic heterocycles. The zero-order chi connectivity index (χ0) is 22.2. The summed E-state index contributed by atoms with van der Waals surface area (Å²) in [5.74, 6) is 2.18. The van der Waals surface area contributed by atoms with Gasteiger partial charge in [-0.3, -0.25) is 9.78 Å². The molecule has 0 saturated carbocycles. The number of benzene rings is 2. The molecule has 0 fully saturated rings. The van der Waals surface area contributed by atoms with Crippen LogP contribution < -0.4 is 14.8 Å². The van der Waals surface area contributed by atoms with E-state index in [1.165, 1.54) is 0 Å². The van der Waals surface area contributed by atoms with Crippen molar-refractivity contribution < 1.29 is 14.3 Å². The Hall–Kier alpha value is -3.87. The normalized spacial score (nSPS) is 10.8. The first-order valence-corrected chi connectivity index (χ1v) is 10.6. The van der Waals surface area contributed by atoms with Crippen LogP contribution in [0.5, 0.6) is 11.5 Å². The maximum atomic E-state index is 12.4. The number of fused-ring (bicyclic) bond motifs is 1. The summed E-state index contributed by atoms with van der Waals surface area (Å²) in [6.45, 7) is 1.74. The molecule has 4 aromatic rings. The predicted octanol–water partition coefficient (Wildman–Crippen LogP) is 4.23. The third-order valence-electron chi connectivity index (χ3n) is 5.19. The molecule has 164 valence electrons. The van der Waals surface area contributed by atoms with Gasteiger partial charge in [-0.2, -0.15) is 0 Å². The molecule has 2 aromatic carbocycles. The van der Waals surface area contributed by atoms with Gasteiger partial charge in [0.05, 0.1) is 31.3 Å². The van der Waals surface area contributed by atoms with Crippen molar-refractivity contribution in [2.24, 2.45) is 0 Å². The molecular formula is C25H26N4O3. The quantitative estimate of drug-likeness (QED) is 0.381. The molecular weight excluding hydrogens is 404 g/mol. The third kappa shape index (κ3) is 5.06. The number of hydrogen-bond acceptors (Lipinski definition) is 5. The summed E-state index contributed by atoms with van der Waals surface area (Å²) in [6, 6.07) is 19.1. The highest BCUT2D eigenvalue weighted by Crippen LogP contribution is 2.26. The number of methoxy groups -OCH3 is 1. The second kappa shape index (κ2) is 10.4. The van der Waals surface area contributed by atoms with Crippen LogP contribution in [0, 0.1) is 0 Å². The average Bonchev–Trinajstić information content (AvgIpc) is 3.20. The van der Waals surface area contributed by atoms with Gasteiger partial charge in [0.15, 0.2) is 11.5 Å². The van der Waals surface area contributed by atoms with Crippen molar-refractivity contribution in [2.75, 3.05) is 13.7 Å². The van der Waals surface area contributed by atoms with Crippen LogP contribution in [0.25, 0.3) is 11.0 Å². The molecule has 2 heterocycles. The number of carbonyl (C=O) groups excluding carboxylic acids is 1. The molecule has 0 bridgehead atoms. The van der Waals surface area contributed by atoms with Gasteiger partial charge in [0.1, 0.15) is 5.82 Å². The SMILES string of the molecule is COc1ccccc1OCCCCn1c(CNC(=O)c2ccncc2)nc2ccccc21. The smallest absolute Gasteiger partial charge is 0.251 e. The number of aryl methyl sites for hydroxylation is 1. The second-order valence-electron chi connectivity index (χ2n) is 7.29. The topological polar surface area (TPSA) is 78.3 Å². The molecule has 0 aliphatic rings. The van der Waals surface area contributed by atoms with E-state index >= 15 is 0 Å². The Bertz CT molecular complexity index is 1170. The van der Waals surface area contributed by atoms with Gasteiger partial charge in [-0.05, 0) is 49.2 Å². The van der Waals surface area contributed by atoms with Crippen LogP contribution in [0.3, 0.4) is 0 Å². The minimum absolute atomic E-state index is 0.142. The fourth-order valence-electron chi connectivity index (χ4n) is 3.57. The van der Waals surface area contributed by atoms with Crippen LogP contribution in [0.4, 0.5) is 0 Å². The van der Waals surface area contributed by atoms with E-state index in [0.717, 1.165) is 47.7 Å². The van der Waals surface area contributed by atoms with Gasteiger partial charge < -0.3 is 19.4 Å². The van der Waals surface area contributed by atoms with Crippen molar-refractivity contribution >= 4 is 16.9 Å². The molecule has 32 heavy (non-hydrogen) atoms. The highest BCUT2D eigenvalue weighted by molar-refractivity contribution is 5.93. The Morgan fingerprint density at radius 1 is 0.969 bits per heavy atom. The molecule has 0 atom stereocenters. The number of rotatable bonds is 10. The maximum Gasteiger partial charge on any atom is 0.251 e. The number of imidazole rings is 1. The van der Waals surface area contributed by atoms with Gasteiger partial charge in [-0.15, -0.1) is 0 Å². The van der Waals surface area contributed by atoms with Crippen LogP contribution in [0.15, 0.2) is 73.1 Å². The molecule has 0 radical (unpaired) electrons. The second-order valence-corrected chi connectivity index (χ2v) is 7.29. The van der Waals surface area contributed by atoms with E-state index in [1.807, 2.05) is 42.5 Å². The first kappa shape index (κ1) is 21.4. The average molecular weight is 431 g/mol. The van der Waals surface area contributed by atoms with Crippen molar-refractivity contribution in [3.8, 4) is 11.5 Å². The molecule has 7 heteroatoms. The van der Waals surface area contributed by atoms with Crippen molar-refractivity contribution in [3.05, 3.63) is 84.4 Å². The minimum Gasteiger partial charge on any atom is -0.493 e. The maximum absolute atomic E-state index is 12.4. The van der Waals surface area contributed by atoms with Gasteiger partial charge in [-0.25, -0.2) is 4.98 Å². The summed E-state index contributed by atoms with van der Waals surface area (Å²) >= 11 is 0. The standard InChI is InChI=1S/C25H26N4O3/c1-31-22-10-4-5-11-23(22)32-17-7-6-16-29-21-9-3-2-8-20(21)28-24(29)18-27-25(30)19-12-14-26-15-13-19/h2-5,8-15H,6-7,16-18H2,1H3,(H,27,30). The van der Waals surface area contributed by atoms with Gasteiger partial charge in [0.2, 0.25) is 0 Å². The van der Waals surface area contributed by atoms with Crippen LogP contribution in [0.2, 0.25) is 0 Å². The highest BCUT2D eigenvalue weighted by atomic mass is 16.5. The molecule has 0 aliphatic carbocycles. The van der Waals surface area contributed by atoms with Crippen molar-refractivity contribution in [1.82, 2.24) is 19.9 Å². The third-order valence-corrected chi connectivity index (χ3v) is 5.19. The van der Waals surface area contributed by atoms with E-state index < -0.39 is 0 Å². The molecule has 1 N–H and O–H groups in total. The molecule has 1 amide bonds. The van der Waals surface area contributed by atoms with Crippen LogP contribution in [0.1, 0.15) is 29.0 Å². The fraction of sp³-hybridized carbons (Fsp3) is 0.240. The van der Waals surface area contributed by atoms with Crippen LogP contribution >= 0.6 is 0 Å². The lowest BCUT2D eigenvalue weighted by molar-refractivity contribution is 0.0949. The molecule has 4 rings (SSSR count). The molecule has 0 saturated heterocycles. The number of pyridine rings is 1. The predicted molar refractivity (Wildman–Crippen MR) is 123 cm³/mol. The Balaban J connectivity index is 1.37. The van der Waals surface area contributed by atoms with Gasteiger partial charge >= 0.3 is 0 Å². The molecule has 0 aliphatic heterocycles. The summed E-state index contributed by atoms with van der Waals surface area (Å²) in [7, 11) is 1.64. The summed E-state index contributed by atoms with van der Waals surface area (Å²) < 4.78 is 13.4. The van der Waals surface area contributed by atoms with E-state index in [1.54, 1.807) is 31.6 Å². The number of carbonyl (C=O) groups is 1. The van der Waals surface area contributed by atoms with E-state index in [0.29, 0.717) is 18.7 Å². The van der Waals surface area contributed by atoms with E-state index in [4.69, 9.17) is 14.5 Å². The lowest BCUT2D eigenvalue weighted by Gasteiger charge is -2.12. The van der Waals surface area contributed by atoms with Gasteiger partial charge in [-0.1, -0.05) is 24.3 Å². The number of para-hydroxylation sites is 4. The largest absolute Gasteiger partial charge is 0.493 e. The number of ether oxygens (including phenoxy) is 2. The lowest BCUT2D eigenvalue weighted by atomic mass is 10.2. The van der Waals surface area contributed by atoms with E-state index in [2.05, 4.69) is 20.9 Å². The number of hydrogen-bond donors (Lipinski definition) is 1. The first-order chi connectivity index (χ1) is 15.8. The fourth-order valence-corrected chi connectivity index (χ4v) is 3.57. The number of aromatic nitrogens is 3. The number of nitrogens with one attached hydrogen (secondary N) is 1. The summed E-state index contributed by atoms with van der Waals surface area (Å²) in [5.41, 5.74) is 2.56. The Labute approximate surface area is 187 Å². The lowest BCUT2D eigenvalue weighted by Crippen LogP contribution is -2.24. The molecule has 7 nitrogen and oxygen atoms in total. The Kier molecular flexibility index (Phi) is 6.97. The van der Waals surface area contributed by atoms with Crippen molar-refractivity contribution in [1.29, 1.82) is 0 Å². The highest BCUT2D eigenvalue weighted by Gasteiger charge is 2.12. The monoisotopic (exact) mass is 430 g/mol. The van der Waals surface area contributed by atoms with Crippen molar-refractivity contribution in [3.63, 3.8) is 0 Å². The number of unbranched alkanes of at least 4 members (excludes halogenated alkanes) is 1. The summed E-state index contributed by atoms with van der Waals surface area (Å²) in [6.07, 6.45) is 5.02. The summed E-state index contributed by atoms with van der Waals surface area (Å²) in [4.78, 5) is 21.1. The molecule has 0 unspecified atom stereocenters. The minimum atomic E-state index is -0.142. The van der Waals surface area contributed by atoms with Crippen molar-refractivity contribution in [2.45, 2.75) is 25.9 Å². The van der Waals surface area contributed by atoms with Gasteiger partial charge in [0.25, 0.3) is 5.91 Å². The Morgan fingerprint density at radius 3 is 2.53 bits per heavy atom. The Morgan fingerprint density at radius 2 is 1.72 bits per heavy atom. The number of amides is 1. The zero-order valence-corrected chi connectivity index (χ0v) is 18.0. The van der Waals surface area contributed by atoms with E-state index in [9.17, 15) is 4.79 Å². The van der Waals surface area contributed by atoms with Crippen LogP contribution in [-0.4, -0.2) is 34.2 Å². The first-order valence-electron chi connectivity index (χ1n) is 10.6. The molecule has 0 spiro atoms.